The highest BCUT2D eigenvalue weighted by molar-refractivity contribution is 6.16. The number of carbonyl (C=O) groups is 2. The van der Waals surface area contributed by atoms with Gasteiger partial charge in [-0.15, -0.1) is 0 Å². The highest BCUT2D eigenvalue weighted by Crippen LogP contribution is 2.28. The predicted octanol–water partition coefficient (Wildman–Crippen LogP) is 3.47. The van der Waals surface area contributed by atoms with Gasteiger partial charge in [0.1, 0.15) is 5.75 Å². The van der Waals surface area contributed by atoms with Gasteiger partial charge in [-0.3, -0.25) is 10.2 Å². The molecule has 2 N–H and O–H groups in total. The van der Waals surface area contributed by atoms with Crippen molar-refractivity contribution in [2.45, 2.75) is 25.5 Å². The lowest BCUT2D eigenvalue weighted by atomic mass is 9.84. The molecule has 4 rings (SSSR count). The molecule has 3 aromatic rings. The highest BCUT2D eigenvalue weighted by Gasteiger charge is 2.40. The van der Waals surface area contributed by atoms with E-state index in [9.17, 15) is 14.7 Å². The van der Waals surface area contributed by atoms with E-state index in [1.165, 1.54) is 0 Å². The number of rotatable bonds is 8. The van der Waals surface area contributed by atoms with Crippen LogP contribution in [-0.4, -0.2) is 42.0 Å². The molecule has 0 aromatic heterocycles. The number of carbonyl (C=O) groups excluding carboxylic acids is 2. The number of benzene rings is 3. The Kier molecular flexibility index (Phi) is 6.75. The third-order valence-corrected chi connectivity index (χ3v) is 5.71. The molecule has 7 nitrogen and oxygen atoms in total. The zero-order valence-electron chi connectivity index (χ0n) is 19.1. The second-order valence-corrected chi connectivity index (χ2v) is 7.97. The average Bonchev–Trinajstić information content (AvgIpc) is 2.86. The zero-order chi connectivity index (χ0) is 24.1. The zero-order valence-corrected chi connectivity index (χ0v) is 19.1. The summed E-state index contributed by atoms with van der Waals surface area (Å²) in [6, 6.07) is 22.1. The Labute approximate surface area is 198 Å². The maximum atomic E-state index is 12.9. The topological polar surface area (TPSA) is 97.2 Å². The lowest BCUT2D eigenvalue weighted by molar-refractivity contribution is -0.165. The van der Waals surface area contributed by atoms with Crippen LogP contribution in [0.1, 0.15) is 46.0 Å². The van der Waals surface area contributed by atoms with E-state index >= 15 is 0 Å². The third-order valence-electron chi connectivity index (χ3n) is 5.71. The van der Waals surface area contributed by atoms with Crippen LogP contribution in [0, 0.1) is 0 Å². The van der Waals surface area contributed by atoms with Crippen LogP contribution < -0.4 is 10.2 Å². The van der Waals surface area contributed by atoms with E-state index < -0.39 is 23.9 Å². The molecule has 0 spiro atoms. The van der Waals surface area contributed by atoms with Gasteiger partial charge in [-0.2, -0.15) is 5.10 Å². The molecule has 34 heavy (non-hydrogen) atoms. The first-order valence-corrected chi connectivity index (χ1v) is 11.0. The van der Waals surface area contributed by atoms with Crippen LogP contribution in [0.4, 0.5) is 0 Å². The quantitative estimate of drug-likeness (QED) is 0.182. The molecular formula is C27H26N2O5. The number of esters is 1. The highest BCUT2D eigenvalue weighted by atomic mass is 16.5. The normalized spacial score (nSPS) is 13.7. The summed E-state index contributed by atoms with van der Waals surface area (Å²) in [5, 5.41) is 15.6. The maximum Gasteiger partial charge on any atom is 0.361 e. The first-order valence-electron chi connectivity index (χ1n) is 11.0. The van der Waals surface area contributed by atoms with Crippen molar-refractivity contribution in [3.05, 3.63) is 101 Å². The SMILES string of the molecule is CCOc1ccc(C(=O)CC(O)(NN=C2c3ccccc3Cc3ccccc32)C(=O)OC)cc1. The number of hydrogen-bond donors (Lipinski definition) is 2. The van der Waals surface area contributed by atoms with Crippen molar-refractivity contribution in [3.8, 4) is 5.75 Å². The molecule has 1 aliphatic carbocycles. The van der Waals surface area contributed by atoms with Crippen LogP contribution in [0.25, 0.3) is 0 Å². The maximum absolute atomic E-state index is 12.9. The van der Waals surface area contributed by atoms with E-state index in [1.807, 2.05) is 55.5 Å². The van der Waals surface area contributed by atoms with Gasteiger partial charge in [0.05, 0.1) is 25.8 Å². The summed E-state index contributed by atoms with van der Waals surface area (Å²) in [6.07, 6.45) is 0.191. The third kappa shape index (κ3) is 4.70. The van der Waals surface area contributed by atoms with Crippen LogP contribution in [0.2, 0.25) is 0 Å². The van der Waals surface area contributed by atoms with E-state index in [-0.39, 0.29) is 0 Å². The summed E-state index contributed by atoms with van der Waals surface area (Å²) < 4.78 is 10.2. The summed E-state index contributed by atoms with van der Waals surface area (Å²) >= 11 is 0. The Balaban J connectivity index is 1.64. The molecule has 0 bridgehead atoms. The van der Waals surface area contributed by atoms with Crippen molar-refractivity contribution >= 4 is 17.5 Å². The van der Waals surface area contributed by atoms with E-state index in [0.717, 1.165) is 35.8 Å². The minimum atomic E-state index is -2.35. The monoisotopic (exact) mass is 458 g/mol. The molecule has 1 atom stereocenters. The molecule has 1 unspecified atom stereocenters. The van der Waals surface area contributed by atoms with Crippen LogP contribution in [0.3, 0.4) is 0 Å². The largest absolute Gasteiger partial charge is 0.494 e. The molecule has 0 heterocycles. The smallest absolute Gasteiger partial charge is 0.361 e. The standard InChI is InChI=1S/C27H26N2O5/c1-3-34-21-14-12-18(13-15-21)24(30)17-27(32,26(31)33-2)29-28-25-22-10-6-4-8-19(22)16-20-9-5-7-11-23(20)25/h4-15,29,32H,3,16-17H2,1-2H3. The van der Waals surface area contributed by atoms with Crippen molar-refractivity contribution < 1.29 is 24.2 Å². The molecule has 7 heteroatoms. The van der Waals surface area contributed by atoms with Crippen molar-refractivity contribution in [2.24, 2.45) is 5.10 Å². The van der Waals surface area contributed by atoms with Gasteiger partial charge in [-0.05, 0) is 48.7 Å². The first kappa shape index (κ1) is 23.2. The van der Waals surface area contributed by atoms with Crippen LogP contribution in [-0.2, 0) is 16.0 Å². The second kappa shape index (κ2) is 9.89. The van der Waals surface area contributed by atoms with Gasteiger partial charge in [0, 0.05) is 16.7 Å². The van der Waals surface area contributed by atoms with Gasteiger partial charge in [0.25, 0.3) is 5.72 Å². The molecule has 1 aliphatic rings. The van der Waals surface area contributed by atoms with Gasteiger partial charge in [-0.25, -0.2) is 4.79 Å². The second-order valence-electron chi connectivity index (χ2n) is 7.97. The summed E-state index contributed by atoms with van der Waals surface area (Å²) in [4.78, 5) is 25.4. The molecule has 0 saturated carbocycles. The van der Waals surface area contributed by atoms with Crippen molar-refractivity contribution in [1.82, 2.24) is 5.43 Å². The molecule has 0 saturated heterocycles. The minimum absolute atomic E-state index is 0.327. The Morgan fingerprint density at radius 2 is 1.56 bits per heavy atom. The fourth-order valence-electron chi connectivity index (χ4n) is 3.99. The Morgan fingerprint density at radius 1 is 0.971 bits per heavy atom. The van der Waals surface area contributed by atoms with Crippen molar-refractivity contribution in [3.63, 3.8) is 0 Å². The van der Waals surface area contributed by atoms with Crippen LogP contribution in [0.5, 0.6) is 5.75 Å². The number of ether oxygens (including phenoxy) is 2. The van der Waals surface area contributed by atoms with Crippen molar-refractivity contribution in [1.29, 1.82) is 0 Å². The molecular weight excluding hydrogens is 432 g/mol. The molecule has 3 aromatic carbocycles. The molecule has 0 aliphatic heterocycles. The fraction of sp³-hybridized carbons (Fsp3) is 0.222. The average molecular weight is 459 g/mol. The van der Waals surface area contributed by atoms with Gasteiger partial charge in [0.2, 0.25) is 0 Å². The lowest BCUT2D eigenvalue weighted by Crippen LogP contribution is -2.52. The summed E-state index contributed by atoms with van der Waals surface area (Å²) in [5.41, 5.74) is 5.04. The number of methoxy groups -OCH3 is 1. The number of ketones is 1. The number of nitrogens with zero attached hydrogens (tertiary/aromatic N) is 1. The van der Waals surface area contributed by atoms with E-state index in [0.29, 0.717) is 23.6 Å². The summed E-state index contributed by atoms with van der Waals surface area (Å²) in [5.74, 6) is -0.831. The van der Waals surface area contributed by atoms with Gasteiger partial charge in [0.15, 0.2) is 5.78 Å². The minimum Gasteiger partial charge on any atom is -0.494 e. The Bertz CT molecular complexity index is 1190. The van der Waals surface area contributed by atoms with Crippen LogP contribution in [0.15, 0.2) is 77.9 Å². The number of Topliss-reactive ketones (excluding diaryl/α,β-unsaturated/α-hetero) is 1. The Morgan fingerprint density at radius 3 is 2.12 bits per heavy atom. The number of nitrogens with one attached hydrogen (secondary N) is 1. The summed E-state index contributed by atoms with van der Waals surface area (Å²) in [7, 11) is 1.15. The lowest BCUT2D eigenvalue weighted by Gasteiger charge is -2.26. The number of hydrazone groups is 1. The number of aliphatic hydroxyl groups is 1. The van der Waals surface area contributed by atoms with Crippen molar-refractivity contribution in [2.75, 3.05) is 13.7 Å². The van der Waals surface area contributed by atoms with Gasteiger partial charge < -0.3 is 14.6 Å². The van der Waals surface area contributed by atoms with E-state index in [1.54, 1.807) is 24.3 Å². The van der Waals surface area contributed by atoms with Gasteiger partial charge in [-0.1, -0.05) is 48.5 Å². The fourth-order valence-corrected chi connectivity index (χ4v) is 3.99. The number of hydrogen-bond acceptors (Lipinski definition) is 7. The molecule has 0 radical (unpaired) electrons. The van der Waals surface area contributed by atoms with E-state index in [2.05, 4.69) is 10.5 Å². The predicted molar refractivity (Wildman–Crippen MR) is 128 cm³/mol. The van der Waals surface area contributed by atoms with Gasteiger partial charge >= 0.3 is 5.97 Å². The Hall–Kier alpha value is -3.97. The molecule has 0 amide bonds. The van der Waals surface area contributed by atoms with Crippen LogP contribution >= 0.6 is 0 Å². The van der Waals surface area contributed by atoms with E-state index in [4.69, 9.17) is 9.47 Å². The molecule has 174 valence electrons. The number of fused-ring (bicyclic) bond motifs is 2. The summed E-state index contributed by atoms with van der Waals surface area (Å²) in [6.45, 7) is 2.37. The molecule has 0 fully saturated rings. The first-order chi connectivity index (χ1) is 16.4.